The second-order valence-electron chi connectivity index (χ2n) is 13.4. The van der Waals surface area contributed by atoms with Crippen LogP contribution in [0.15, 0.2) is 37.2 Å². The molecule has 2 fully saturated rings. The Morgan fingerprint density at radius 1 is 0.774 bits per heavy atom. The third kappa shape index (κ3) is 8.42. The number of nitrogens with one attached hydrogen (secondary N) is 2. The molecule has 0 spiro atoms. The highest BCUT2D eigenvalue weighted by Crippen LogP contribution is 2.39. The van der Waals surface area contributed by atoms with Crippen molar-refractivity contribution >= 4 is 88.3 Å². The van der Waals surface area contributed by atoms with Crippen LogP contribution in [0.25, 0.3) is 20.4 Å². The number of nitrogens with two attached hydrogens (primary N) is 2. The van der Waals surface area contributed by atoms with Crippen molar-refractivity contribution in [3.05, 3.63) is 48.6 Å². The second kappa shape index (κ2) is 16.0. The largest absolute Gasteiger partial charge is 0.384 e. The summed E-state index contributed by atoms with van der Waals surface area (Å²) < 4.78 is 15.8. The molecule has 18 heteroatoms. The molecule has 0 saturated carbocycles. The zero-order valence-electron chi connectivity index (χ0n) is 28.9. The number of nitriles is 1. The molecule has 0 bridgehead atoms. The van der Waals surface area contributed by atoms with Crippen LogP contribution < -0.4 is 31.9 Å². The molecular weight excluding hydrogens is 714 g/mol. The average Bonchev–Trinajstić information content (AvgIpc) is 3.77. The molecule has 0 unspecified atom stereocenters. The number of fused-ring (bicyclic) bond motifs is 2. The van der Waals surface area contributed by atoms with Crippen LogP contribution >= 0.6 is 22.7 Å². The van der Waals surface area contributed by atoms with E-state index in [2.05, 4.69) is 82.2 Å². The van der Waals surface area contributed by atoms with E-state index < -0.39 is 5.82 Å². The van der Waals surface area contributed by atoms with Crippen molar-refractivity contribution in [2.75, 3.05) is 58.1 Å². The third-order valence-corrected chi connectivity index (χ3v) is 11.1. The van der Waals surface area contributed by atoms with Gasteiger partial charge in [0.2, 0.25) is 0 Å². The molecule has 8 rings (SSSR count). The number of pyridine rings is 2. The van der Waals surface area contributed by atoms with Gasteiger partial charge in [0, 0.05) is 44.5 Å². The number of piperidine rings is 2. The molecule has 53 heavy (non-hydrogen) atoms. The van der Waals surface area contributed by atoms with E-state index in [0.717, 1.165) is 47.6 Å². The molecule has 0 aromatic carbocycles. The van der Waals surface area contributed by atoms with Crippen molar-refractivity contribution in [1.82, 2.24) is 39.9 Å². The predicted molar refractivity (Wildman–Crippen MR) is 211 cm³/mol. The number of nitrogen functional groups attached to an aromatic ring is 2. The molecule has 2 aliphatic rings. The van der Waals surface area contributed by atoms with Crippen molar-refractivity contribution in [3.63, 3.8) is 0 Å². The molecule has 6 N–H and O–H groups in total. The maximum Gasteiger partial charge on any atom is 0.186 e. The molecular formula is C35H42FN15S2. The number of halogens is 1. The van der Waals surface area contributed by atoms with E-state index in [-0.39, 0.29) is 7.43 Å². The summed E-state index contributed by atoms with van der Waals surface area (Å²) in [5, 5.41) is 17.4. The maximum absolute atomic E-state index is 14.3. The summed E-state index contributed by atoms with van der Waals surface area (Å²) in [7, 11) is 0. The molecule has 0 amide bonds. The number of rotatable bonds is 6. The Bertz CT molecular complexity index is 2240. The third-order valence-electron chi connectivity index (χ3n) is 8.83. The van der Waals surface area contributed by atoms with Crippen LogP contribution in [0.1, 0.15) is 53.0 Å². The lowest BCUT2D eigenvalue weighted by Crippen LogP contribution is -2.38. The van der Waals surface area contributed by atoms with Gasteiger partial charge < -0.3 is 31.9 Å². The summed E-state index contributed by atoms with van der Waals surface area (Å²) in [6.45, 7) is 10.6. The maximum atomic E-state index is 14.3. The van der Waals surface area contributed by atoms with Gasteiger partial charge in [0.25, 0.3) is 0 Å². The first-order valence-corrected chi connectivity index (χ1v) is 18.6. The highest BCUT2D eigenvalue weighted by Gasteiger charge is 2.26. The Morgan fingerprint density at radius 2 is 1.32 bits per heavy atom. The summed E-state index contributed by atoms with van der Waals surface area (Å²) in [5.41, 5.74) is 12.9. The SMILES string of the molecule is C.C[C@@H]1C[C@@H](C)CN(c2nc3c(F)cnc(Nc4cc(N)ncn4)c3s2)C1.C[C@H]1CCCN(c2nc3c(C#N)cnc(Nc4cc(N)ncn4)c3s2)C1. The Balaban J connectivity index is 0.000000178. The highest BCUT2D eigenvalue weighted by atomic mass is 32.1. The van der Waals surface area contributed by atoms with E-state index >= 15 is 0 Å². The van der Waals surface area contributed by atoms with Crippen LogP contribution in [0, 0.1) is 34.9 Å². The lowest BCUT2D eigenvalue weighted by Gasteiger charge is -2.34. The van der Waals surface area contributed by atoms with E-state index in [9.17, 15) is 9.65 Å². The standard InChI is InChI=1S/C17H20FN7S.C17H18N8S.CH4/c1-9-3-10(2)7-25(6-9)17-24-14-11(18)5-20-16(15(14)26-17)23-13-4-12(19)21-8-22-13;1-10-3-2-4-25(8-10)17-24-14-11(6-18)7-20-16(15(14)26-17)23-13-5-12(19)21-9-22-13;/h4-5,8-10H,3,6-7H2,1-2H3,(H3,19,20,21,22,23);5,7,9-10H,2-4,8H2,1H3,(H3,19,20,21,22,23);1H4/t9-,10-;10-;/m10./s1. The fraction of sp³-hybridized carbons (Fsp3) is 0.400. The van der Waals surface area contributed by atoms with Gasteiger partial charge in [-0.05, 0) is 37.0 Å². The monoisotopic (exact) mass is 755 g/mol. The van der Waals surface area contributed by atoms with Crippen molar-refractivity contribution in [2.24, 2.45) is 17.8 Å². The molecule has 8 heterocycles. The molecule has 0 aliphatic carbocycles. The Kier molecular flexibility index (Phi) is 11.2. The number of aromatic nitrogens is 8. The van der Waals surface area contributed by atoms with Crippen molar-refractivity contribution < 1.29 is 4.39 Å². The van der Waals surface area contributed by atoms with Crippen LogP contribution in [-0.2, 0) is 0 Å². The number of hydrogen-bond donors (Lipinski definition) is 4. The van der Waals surface area contributed by atoms with Gasteiger partial charge in [-0.3, -0.25) is 0 Å². The summed E-state index contributed by atoms with van der Waals surface area (Å²) in [6, 6.07) is 5.43. The van der Waals surface area contributed by atoms with Gasteiger partial charge in [-0.2, -0.15) is 5.26 Å². The average molecular weight is 756 g/mol. The Labute approximate surface area is 314 Å². The molecule has 6 aromatic rings. The smallest absolute Gasteiger partial charge is 0.186 e. The first-order valence-electron chi connectivity index (χ1n) is 17.0. The highest BCUT2D eigenvalue weighted by molar-refractivity contribution is 7.23. The first-order chi connectivity index (χ1) is 25.1. The van der Waals surface area contributed by atoms with E-state index in [1.807, 2.05) is 0 Å². The Hall–Kier alpha value is -5.54. The molecule has 2 saturated heterocycles. The normalized spacial score (nSPS) is 18.5. The van der Waals surface area contributed by atoms with Crippen molar-refractivity contribution in [1.29, 1.82) is 5.26 Å². The van der Waals surface area contributed by atoms with Crippen molar-refractivity contribution in [2.45, 2.75) is 47.5 Å². The number of anilines is 8. The first kappa shape index (κ1) is 37.2. The molecule has 3 atom stereocenters. The summed E-state index contributed by atoms with van der Waals surface area (Å²) in [4.78, 5) is 38.5. The fourth-order valence-electron chi connectivity index (χ4n) is 6.61. The summed E-state index contributed by atoms with van der Waals surface area (Å²) in [5.74, 6) is 4.32. The lowest BCUT2D eigenvalue weighted by molar-refractivity contribution is 0.356. The van der Waals surface area contributed by atoms with E-state index in [0.29, 0.717) is 74.0 Å². The minimum Gasteiger partial charge on any atom is -0.384 e. The van der Waals surface area contributed by atoms with Gasteiger partial charge in [-0.25, -0.2) is 44.3 Å². The van der Waals surface area contributed by atoms with Crippen LogP contribution in [0.4, 0.5) is 49.6 Å². The molecule has 2 aliphatic heterocycles. The van der Waals surface area contributed by atoms with Gasteiger partial charge in [-0.15, -0.1) is 0 Å². The molecule has 0 radical (unpaired) electrons. The van der Waals surface area contributed by atoms with E-state index in [1.54, 1.807) is 23.5 Å². The minimum atomic E-state index is -0.423. The quantitative estimate of drug-likeness (QED) is 0.135. The zero-order chi connectivity index (χ0) is 36.4. The molecule has 276 valence electrons. The van der Waals surface area contributed by atoms with Crippen LogP contribution in [0.5, 0.6) is 0 Å². The number of nitrogens with zero attached hydrogens (tertiary/aromatic N) is 11. The summed E-state index contributed by atoms with van der Waals surface area (Å²) in [6.07, 6.45) is 9.09. The summed E-state index contributed by atoms with van der Waals surface area (Å²) >= 11 is 3.00. The lowest BCUT2D eigenvalue weighted by atomic mass is 9.92. The molecule has 6 aromatic heterocycles. The van der Waals surface area contributed by atoms with Crippen molar-refractivity contribution in [3.8, 4) is 6.07 Å². The fourth-order valence-corrected chi connectivity index (χ4v) is 8.71. The second-order valence-corrected chi connectivity index (χ2v) is 15.3. The van der Waals surface area contributed by atoms with Crippen LogP contribution in [-0.4, -0.2) is 66.1 Å². The topological polar surface area (TPSA) is 209 Å². The number of thiazole rings is 2. The zero-order valence-corrected chi connectivity index (χ0v) is 30.5. The van der Waals surface area contributed by atoms with E-state index in [1.165, 1.54) is 49.2 Å². The molecule has 15 nitrogen and oxygen atoms in total. The Morgan fingerprint density at radius 3 is 1.91 bits per heavy atom. The van der Waals surface area contributed by atoms with Gasteiger partial charge in [0.1, 0.15) is 62.4 Å². The number of hydrogen-bond acceptors (Lipinski definition) is 17. The van der Waals surface area contributed by atoms with E-state index in [4.69, 9.17) is 16.5 Å². The van der Waals surface area contributed by atoms with Gasteiger partial charge in [0.05, 0.1) is 11.8 Å². The van der Waals surface area contributed by atoms with Gasteiger partial charge >= 0.3 is 0 Å². The van der Waals surface area contributed by atoms with Crippen LogP contribution in [0.2, 0.25) is 0 Å². The van der Waals surface area contributed by atoms with Crippen LogP contribution in [0.3, 0.4) is 0 Å². The minimum absolute atomic E-state index is 0. The predicted octanol–water partition coefficient (Wildman–Crippen LogP) is 6.98. The van der Waals surface area contributed by atoms with Gasteiger partial charge in [0.15, 0.2) is 27.7 Å². The van der Waals surface area contributed by atoms with Gasteiger partial charge in [-0.1, -0.05) is 50.9 Å².